The fourth-order valence-electron chi connectivity index (χ4n) is 4.60. The molecular weight excluding hydrogens is 430 g/mol. The molecule has 3 N–H and O–H groups in total. The Kier molecular flexibility index (Phi) is 6.18. The molecule has 1 amide bonds. The maximum atomic E-state index is 12.3. The Morgan fingerprint density at radius 3 is 2.06 bits per heavy atom. The van der Waals surface area contributed by atoms with Gasteiger partial charge in [0.1, 0.15) is 18.8 Å². The lowest BCUT2D eigenvalue weighted by Crippen LogP contribution is -2.36. The molecule has 2 aliphatic rings. The molecular formula is C28H27NO5. The summed E-state index contributed by atoms with van der Waals surface area (Å²) < 4.78 is 5.47. The average Bonchev–Trinajstić information content (AvgIpc) is 3.68. The molecule has 1 fully saturated rings. The van der Waals surface area contributed by atoms with Gasteiger partial charge in [0.2, 0.25) is 0 Å². The van der Waals surface area contributed by atoms with Crippen LogP contribution in [0.2, 0.25) is 0 Å². The number of ketones is 1. The number of hydrogen-bond acceptors (Lipinski definition) is 5. The number of alkyl carbamates (subject to hydrolysis) is 1. The second-order valence-corrected chi connectivity index (χ2v) is 8.98. The van der Waals surface area contributed by atoms with Gasteiger partial charge in [-0.05, 0) is 40.7 Å². The van der Waals surface area contributed by atoms with Gasteiger partial charge in [0.15, 0.2) is 5.78 Å². The number of fused-ring (bicyclic) bond motifs is 3. The molecule has 5 rings (SSSR count). The summed E-state index contributed by atoms with van der Waals surface area (Å²) >= 11 is 0. The number of aliphatic hydroxyl groups excluding tert-OH is 2. The quantitative estimate of drug-likeness (QED) is 0.441. The van der Waals surface area contributed by atoms with Crippen molar-refractivity contribution in [2.24, 2.45) is 5.92 Å². The molecule has 0 spiro atoms. The van der Waals surface area contributed by atoms with Crippen LogP contribution in [0.15, 0.2) is 72.8 Å². The molecule has 3 aromatic rings. The minimum Gasteiger partial charge on any atom is -0.449 e. The highest BCUT2D eigenvalue weighted by molar-refractivity contribution is 5.99. The first-order valence-corrected chi connectivity index (χ1v) is 11.6. The van der Waals surface area contributed by atoms with Gasteiger partial charge in [-0.1, -0.05) is 72.8 Å². The Hall–Kier alpha value is -3.48. The largest absolute Gasteiger partial charge is 0.449 e. The van der Waals surface area contributed by atoms with E-state index in [4.69, 9.17) is 4.74 Å². The highest BCUT2D eigenvalue weighted by Crippen LogP contribution is 2.44. The van der Waals surface area contributed by atoms with Crippen LogP contribution < -0.4 is 5.32 Å². The summed E-state index contributed by atoms with van der Waals surface area (Å²) in [5.41, 5.74) is 5.64. The first-order chi connectivity index (χ1) is 16.5. The first-order valence-electron chi connectivity index (χ1n) is 11.6. The van der Waals surface area contributed by atoms with Crippen molar-refractivity contribution in [1.82, 2.24) is 5.32 Å². The van der Waals surface area contributed by atoms with Gasteiger partial charge in [-0.25, -0.2) is 4.79 Å². The molecule has 34 heavy (non-hydrogen) atoms. The van der Waals surface area contributed by atoms with E-state index in [0.717, 1.165) is 35.1 Å². The molecule has 3 aromatic carbocycles. The van der Waals surface area contributed by atoms with Crippen molar-refractivity contribution in [3.8, 4) is 11.1 Å². The summed E-state index contributed by atoms with van der Waals surface area (Å²) in [5.74, 6) is 0.201. The Balaban J connectivity index is 1.14. The van der Waals surface area contributed by atoms with E-state index in [1.807, 2.05) is 36.4 Å². The standard InChI is InChI=1S/C28H27NO5/c30-25(27(32)19-13-11-18(12-14-19)26(31)17-9-10-17)15-29-28(33)34-16-24-22-7-3-1-5-20(22)21-6-2-4-8-23(21)24/h1-8,11-14,17,24-25,27,30,32H,9-10,15-16H2,(H,29,33). The molecule has 0 aromatic heterocycles. The van der Waals surface area contributed by atoms with E-state index in [0.29, 0.717) is 11.1 Å². The van der Waals surface area contributed by atoms with Crippen molar-refractivity contribution in [2.75, 3.05) is 13.2 Å². The van der Waals surface area contributed by atoms with Gasteiger partial charge >= 0.3 is 6.09 Å². The van der Waals surface area contributed by atoms with Crippen LogP contribution in [-0.2, 0) is 4.74 Å². The lowest BCUT2D eigenvalue weighted by atomic mass is 9.98. The number of nitrogens with one attached hydrogen (secondary N) is 1. The van der Waals surface area contributed by atoms with Gasteiger partial charge in [-0.2, -0.15) is 0 Å². The van der Waals surface area contributed by atoms with E-state index in [1.54, 1.807) is 24.3 Å². The molecule has 0 bridgehead atoms. The highest BCUT2D eigenvalue weighted by Gasteiger charge is 2.31. The summed E-state index contributed by atoms with van der Waals surface area (Å²) in [6.07, 6.45) is -1.20. The maximum Gasteiger partial charge on any atom is 0.407 e. The van der Waals surface area contributed by atoms with Gasteiger partial charge in [0, 0.05) is 23.9 Å². The van der Waals surface area contributed by atoms with Crippen LogP contribution in [0.1, 0.15) is 51.9 Å². The number of amides is 1. The van der Waals surface area contributed by atoms with E-state index in [2.05, 4.69) is 17.4 Å². The van der Waals surface area contributed by atoms with Crippen molar-refractivity contribution in [3.05, 3.63) is 95.1 Å². The first kappa shape index (κ1) is 22.3. The zero-order chi connectivity index (χ0) is 23.7. The van der Waals surface area contributed by atoms with Crippen LogP contribution in [0.5, 0.6) is 0 Å². The highest BCUT2D eigenvalue weighted by atomic mass is 16.5. The van der Waals surface area contributed by atoms with E-state index in [1.165, 1.54) is 0 Å². The number of Topliss-reactive ketones (excluding diaryl/α,β-unsaturated/α-hetero) is 1. The molecule has 2 aliphatic carbocycles. The summed E-state index contributed by atoms with van der Waals surface area (Å²) in [6, 6.07) is 22.8. The van der Waals surface area contributed by atoms with Crippen LogP contribution in [-0.4, -0.2) is 41.3 Å². The van der Waals surface area contributed by atoms with Crippen molar-refractivity contribution in [3.63, 3.8) is 0 Å². The zero-order valence-electron chi connectivity index (χ0n) is 18.7. The zero-order valence-corrected chi connectivity index (χ0v) is 18.7. The maximum absolute atomic E-state index is 12.3. The lowest BCUT2D eigenvalue weighted by Gasteiger charge is -2.19. The van der Waals surface area contributed by atoms with E-state index in [-0.39, 0.29) is 30.8 Å². The van der Waals surface area contributed by atoms with E-state index >= 15 is 0 Å². The number of aliphatic hydroxyl groups is 2. The summed E-state index contributed by atoms with van der Waals surface area (Å²) in [4.78, 5) is 24.4. The van der Waals surface area contributed by atoms with Crippen LogP contribution in [0, 0.1) is 5.92 Å². The topological polar surface area (TPSA) is 95.9 Å². The van der Waals surface area contributed by atoms with E-state index < -0.39 is 18.3 Å². The van der Waals surface area contributed by atoms with Crippen LogP contribution >= 0.6 is 0 Å². The molecule has 2 unspecified atom stereocenters. The average molecular weight is 458 g/mol. The molecule has 6 nitrogen and oxygen atoms in total. The fraction of sp³-hybridized carbons (Fsp3) is 0.286. The second-order valence-electron chi connectivity index (χ2n) is 8.98. The molecule has 2 atom stereocenters. The number of ether oxygens (including phenoxy) is 1. The van der Waals surface area contributed by atoms with Crippen LogP contribution in [0.3, 0.4) is 0 Å². The van der Waals surface area contributed by atoms with Gasteiger partial charge in [0.05, 0.1) is 0 Å². The predicted molar refractivity (Wildman–Crippen MR) is 128 cm³/mol. The number of carbonyl (C=O) groups excluding carboxylic acids is 2. The SMILES string of the molecule is O=C(NCC(O)C(O)c1ccc(C(=O)C2CC2)cc1)OCC1c2ccccc2-c2ccccc21. The normalized spacial score (nSPS) is 16.3. The van der Waals surface area contributed by atoms with Gasteiger partial charge in [-0.3, -0.25) is 4.79 Å². The number of rotatable bonds is 8. The van der Waals surface area contributed by atoms with Crippen molar-refractivity contribution in [2.45, 2.75) is 31.0 Å². The van der Waals surface area contributed by atoms with E-state index in [9.17, 15) is 19.8 Å². The molecule has 0 saturated heterocycles. The minimum absolute atomic E-state index is 0.0504. The molecule has 6 heteroatoms. The van der Waals surface area contributed by atoms with Gasteiger partial charge in [0.25, 0.3) is 0 Å². The number of hydrogen-bond donors (Lipinski definition) is 3. The Bertz CT molecular complexity index is 1160. The van der Waals surface area contributed by atoms with Gasteiger partial charge < -0.3 is 20.3 Å². The number of benzene rings is 3. The lowest BCUT2D eigenvalue weighted by molar-refractivity contribution is 0.0185. The smallest absolute Gasteiger partial charge is 0.407 e. The van der Waals surface area contributed by atoms with Crippen molar-refractivity contribution in [1.29, 1.82) is 0 Å². The van der Waals surface area contributed by atoms with Crippen molar-refractivity contribution >= 4 is 11.9 Å². The Morgan fingerprint density at radius 1 is 0.882 bits per heavy atom. The fourth-order valence-corrected chi connectivity index (χ4v) is 4.60. The van der Waals surface area contributed by atoms with Crippen molar-refractivity contribution < 1.29 is 24.5 Å². The summed E-state index contributed by atoms with van der Waals surface area (Å²) in [5, 5.41) is 23.3. The Labute approximate surface area is 198 Å². The molecule has 0 heterocycles. The predicted octanol–water partition coefficient (Wildman–Crippen LogP) is 4.21. The molecule has 174 valence electrons. The molecule has 0 radical (unpaired) electrons. The second kappa shape index (κ2) is 9.41. The third-order valence-corrected chi connectivity index (χ3v) is 6.65. The summed E-state index contributed by atoms with van der Waals surface area (Å²) in [6.45, 7) is 0.00951. The Morgan fingerprint density at radius 2 is 1.47 bits per heavy atom. The molecule has 1 saturated carbocycles. The van der Waals surface area contributed by atoms with Crippen LogP contribution in [0.25, 0.3) is 11.1 Å². The monoisotopic (exact) mass is 457 g/mol. The van der Waals surface area contributed by atoms with Crippen LogP contribution in [0.4, 0.5) is 4.79 Å². The van der Waals surface area contributed by atoms with Gasteiger partial charge in [-0.15, -0.1) is 0 Å². The minimum atomic E-state index is -1.22. The number of carbonyl (C=O) groups is 2. The third kappa shape index (κ3) is 4.47. The molecule has 0 aliphatic heterocycles. The third-order valence-electron chi connectivity index (χ3n) is 6.65. The summed E-state index contributed by atoms with van der Waals surface area (Å²) in [7, 11) is 0.